The lowest BCUT2D eigenvalue weighted by Crippen LogP contribution is -2.35. The highest BCUT2D eigenvalue weighted by atomic mass is 32.2. The van der Waals surface area contributed by atoms with Crippen molar-refractivity contribution in [3.05, 3.63) is 41.6 Å². The fourth-order valence-corrected chi connectivity index (χ4v) is 2.56. The van der Waals surface area contributed by atoms with Crippen LogP contribution in [0.4, 0.5) is 0 Å². The molecule has 21 heavy (non-hydrogen) atoms. The summed E-state index contributed by atoms with van der Waals surface area (Å²) >= 11 is 1.72. The molecule has 2 aromatic rings. The van der Waals surface area contributed by atoms with Crippen LogP contribution in [-0.4, -0.2) is 15.7 Å². The summed E-state index contributed by atoms with van der Waals surface area (Å²) in [6, 6.07) is 8.56. The first kappa shape index (κ1) is 16.0. The van der Waals surface area contributed by atoms with E-state index in [1.807, 2.05) is 6.92 Å². The van der Waals surface area contributed by atoms with Crippen LogP contribution in [0, 0.1) is 0 Å². The lowest BCUT2D eigenvalue weighted by atomic mass is 10.1. The monoisotopic (exact) mass is 305 g/mol. The summed E-state index contributed by atoms with van der Waals surface area (Å²) in [5.41, 5.74) is 1.42. The standard InChI is InChI=1S/C16H23N3OS/c1-5-14-18-19-15(20-14)11-21-13-8-6-7-12(9-13)10-17-16(2,3)4/h6-9,17H,5,10-11H2,1-4H3. The van der Waals surface area contributed by atoms with Crippen molar-refractivity contribution in [3.63, 3.8) is 0 Å². The van der Waals surface area contributed by atoms with E-state index in [9.17, 15) is 0 Å². The number of aryl methyl sites for hydroxylation is 1. The van der Waals surface area contributed by atoms with E-state index < -0.39 is 0 Å². The van der Waals surface area contributed by atoms with Crippen LogP contribution in [-0.2, 0) is 18.7 Å². The zero-order valence-corrected chi connectivity index (χ0v) is 14.0. The molecule has 4 nitrogen and oxygen atoms in total. The predicted molar refractivity (Wildman–Crippen MR) is 86.3 cm³/mol. The lowest BCUT2D eigenvalue weighted by Gasteiger charge is -2.20. The van der Waals surface area contributed by atoms with Gasteiger partial charge in [-0.05, 0) is 38.5 Å². The summed E-state index contributed by atoms with van der Waals surface area (Å²) in [6.45, 7) is 9.40. The Balaban J connectivity index is 1.91. The molecule has 0 bridgehead atoms. The minimum atomic E-state index is 0.128. The summed E-state index contributed by atoms with van der Waals surface area (Å²) in [6.07, 6.45) is 0.783. The Bertz CT molecular complexity index is 575. The van der Waals surface area contributed by atoms with Crippen LogP contribution in [0.1, 0.15) is 45.0 Å². The summed E-state index contributed by atoms with van der Waals surface area (Å²) < 4.78 is 5.52. The molecule has 5 heteroatoms. The number of nitrogens with zero attached hydrogens (tertiary/aromatic N) is 2. The molecule has 0 atom stereocenters. The summed E-state index contributed by atoms with van der Waals surface area (Å²) in [5, 5.41) is 11.5. The van der Waals surface area contributed by atoms with Gasteiger partial charge in [0.1, 0.15) is 0 Å². The lowest BCUT2D eigenvalue weighted by molar-refractivity contribution is 0.424. The molecule has 0 aliphatic rings. The van der Waals surface area contributed by atoms with Gasteiger partial charge in [0.2, 0.25) is 11.8 Å². The van der Waals surface area contributed by atoms with E-state index in [1.54, 1.807) is 11.8 Å². The molecule has 0 fully saturated rings. The van der Waals surface area contributed by atoms with Crippen molar-refractivity contribution < 1.29 is 4.42 Å². The van der Waals surface area contributed by atoms with E-state index in [1.165, 1.54) is 10.5 Å². The molecule has 114 valence electrons. The van der Waals surface area contributed by atoms with Gasteiger partial charge >= 0.3 is 0 Å². The van der Waals surface area contributed by atoms with Gasteiger partial charge in [-0.25, -0.2) is 0 Å². The molecule has 1 aromatic heterocycles. The molecule has 2 rings (SSSR count). The Morgan fingerprint density at radius 1 is 1.19 bits per heavy atom. The molecular weight excluding hydrogens is 282 g/mol. The van der Waals surface area contributed by atoms with Crippen molar-refractivity contribution in [3.8, 4) is 0 Å². The van der Waals surface area contributed by atoms with Crippen LogP contribution in [0.15, 0.2) is 33.6 Å². The van der Waals surface area contributed by atoms with Gasteiger partial charge in [-0.2, -0.15) is 0 Å². The fraction of sp³-hybridized carbons (Fsp3) is 0.500. The average molecular weight is 305 g/mol. The van der Waals surface area contributed by atoms with Crippen LogP contribution in [0.5, 0.6) is 0 Å². The minimum absolute atomic E-state index is 0.128. The Labute approximate surface area is 130 Å². The van der Waals surface area contributed by atoms with Crippen LogP contribution in [0.2, 0.25) is 0 Å². The average Bonchev–Trinajstić information content (AvgIpc) is 2.91. The Morgan fingerprint density at radius 2 is 1.95 bits per heavy atom. The fourth-order valence-electron chi connectivity index (χ4n) is 1.75. The molecular formula is C16H23N3OS. The van der Waals surface area contributed by atoms with Crippen molar-refractivity contribution in [1.82, 2.24) is 15.5 Å². The molecule has 0 aliphatic carbocycles. The largest absolute Gasteiger partial charge is 0.424 e. The molecule has 0 unspecified atom stereocenters. The summed E-state index contributed by atoms with van der Waals surface area (Å²) in [5.74, 6) is 2.10. The summed E-state index contributed by atoms with van der Waals surface area (Å²) in [7, 11) is 0. The predicted octanol–water partition coefficient (Wildman–Crippen LogP) is 3.81. The zero-order chi connectivity index (χ0) is 15.3. The molecule has 1 N–H and O–H groups in total. The van der Waals surface area contributed by atoms with E-state index >= 15 is 0 Å². The highest BCUT2D eigenvalue weighted by Crippen LogP contribution is 2.23. The first-order valence-corrected chi connectivity index (χ1v) is 8.23. The van der Waals surface area contributed by atoms with Gasteiger partial charge < -0.3 is 9.73 Å². The normalized spacial score (nSPS) is 11.8. The third kappa shape index (κ3) is 5.52. The van der Waals surface area contributed by atoms with E-state index in [0.29, 0.717) is 17.5 Å². The van der Waals surface area contributed by atoms with Crippen molar-refractivity contribution in [2.75, 3.05) is 0 Å². The second-order valence-electron chi connectivity index (χ2n) is 5.98. The molecule has 1 heterocycles. The number of aromatic nitrogens is 2. The molecule has 0 saturated heterocycles. The molecule has 0 radical (unpaired) electrons. The third-order valence-electron chi connectivity index (χ3n) is 2.89. The first-order chi connectivity index (χ1) is 9.96. The van der Waals surface area contributed by atoms with Gasteiger partial charge in [0.15, 0.2) is 0 Å². The Kier molecular flexibility index (Phi) is 5.42. The SMILES string of the molecule is CCc1nnc(CSc2cccc(CNC(C)(C)C)c2)o1. The van der Waals surface area contributed by atoms with Gasteiger partial charge in [0.05, 0.1) is 5.75 Å². The highest BCUT2D eigenvalue weighted by molar-refractivity contribution is 7.98. The number of benzene rings is 1. The molecule has 0 aliphatic heterocycles. The van der Waals surface area contributed by atoms with Gasteiger partial charge in [0, 0.05) is 23.4 Å². The van der Waals surface area contributed by atoms with Crippen LogP contribution in [0.25, 0.3) is 0 Å². The second kappa shape index (κ2) is 7.09. The van der Waals surface area contributed by atoms with Crippen molar-refractivity contribution in [2.24, 2.45) is 0 Å². The van der Waals surface area contributed by atoms with Gasteiger partial charge in [-0.3, -0.25) is 0 Å². The van der Waals surface area contributed by atoms with E-state index in [2.05, 4.69) is 60.6 Å². The van der Waals surface area contributed by atoms with Gasteiger partial charge in [-0.1, -0.05) is 19.1 Å². The van der Waals surface area contributed by atoms with Crippen LogP contribution in [0.3, 0.4) is 0 Å². The maximum absolute atomic E-state index is 5.52. The quantitative estimate of drug-likeness (QED) is 0.822. The number of rotatable bonds is 6. The van der Waals surface area contributed by atoms with Gasteiger partial charge in [-0.15, -0.1) is 22.0 Å². The molecule has 0 saturated carbocycles. The smallest absolute Gasteiger partial charge is 0.226 e. The Morgan fingerprint density at radius 3 is 2.62 bits per heavy atom. The third-order valence-corrected chi connectivity index (χ3v) is 3.87. The topological polar surface area (TPSA) is 51.0 Å². The number of thioether (sulfide) groups is 1. The van der Waals surface area contributed by atoms with E-state index in [-0.39, 0.29) is 5.54 Å². The number of nitrogens with one attached hydrogen (secondary N) is 1. The Hall–Kier alpha value is -1.33. The first-order valence-electron chi connectivity index (χ1n) is 7.24. The van der Waals surface area contributed by atoms with Crippen molar-refractivity contribution >= 4 is 11.8 Å². The second-order valence-corrected chi connectivity index (χ2v) is 7.03. The molecule has 0 spiro atoms. The molecule has 0 amide bonds. The van der Waals surface area contributed by atoms with Crippen molar-refractivity contribution in [2.45, 2.75) is 56.8 Å². The summed E-state index contributed by atoms with van der Waals surface area (Å²) in [4.78, 5) is 1.22. The maximum Gasteiger partial charge on any atom is 0.226 e. The highest BCUT2D eigenvalue weighted by Gasteiger charge is 2.09. The minimum Gasteiger partial charge on any atom is -0.424 e. The zero-order valence-electron chi connectivity index (χ0n) is 13.1. The molecule has 1 aromatic carbocycles. The van der Waals surface area contributed by atoms with Crippen LogP contribution >= 0.6 is 11.8 Å². The van der Waals surface area contributed by atoms with Crippen LogP contribution < -0.4 is 5.32 Å². The van der Waals surface area contributed by atoms with E-state index in [4.69, 9.17) is 4.42 Å². The maximum atomic E-state index is 5.52. The number of hydrogen-bond acceptors (Lipinski definition) is 5. The number of hydrogen-bond donors (Lipinski definition) is 1. The van der Waals surface area contributed by atoms with Gasteiger partial charge in [0.25, 0.3) is 0 Å². The van der Waals surface area contributed by atoms with Crippen molar-refractivity contribution in [1.29, 1.82) is 0 Å². The van der Waals surface area contributed by atoms with E-state index in [0.717, 1.165) is 13.0 Å².